The van der Waals surface area contributed by atoms with Crippen LogP contribution in [-0.2, 0) is 4.79 Å². The van der Waals surface area contributed by atoms with Crippen molar-refractivity contribution in [3.8, 4) is 17.0 Å². The van der Waals surface area contributed by atoms with Crippen LogP contribution in [0.15, 0.2) is 73.1 Å². The zero-order chi connectivity index (χ0) is 22.7. The number of nitrogens with zero attached hydrogens (tertiary/aromatic N) is 3. The van der Waals surface area contributed by atoms with Crippen molar-refractivity contribution >= 4 is 28.7 Å². The Morgan fingerprint density at radius 1 is 1.09 bits per heavy atom. The van der Waals surface area contributed by atoms with Gasteiger partial charge < -0.3 is 10.1 Å². The van der Waals surface area contributed by atoms with E-state index in [1.165, 1.54) is 19.2 Å². The maximum Gasteiger partial charge on any atom is 0.286 e. The van der Waals surface area contributed by atoms with Crippen molar-refractivity contribution in [2.24, 2.45) is 0 Å². The van der Waals surface area contributed by atoms with Crippen LogP contribution in [0.1, 0.15) is 17.3 Å². The Labute approximate surface area is 182 Å². The first kappa shape index (κ1) is 20.7. The summed E-state index contributed by atoms with van der Waals surface area (Å²) in [5, 5.41) is 13.6. The number of nitrogens with one attached hydrogen (secondary N) is 1. The molecule has 0 aliphatic carbocycles. The molecule has 9 heteroatoms. The molecule has 2 heterocycles. The number of fused-ring (bicyclic) bond motifs is 1. The summed E-state index contributed by atoms with van der Waals surface area (Å²) in [5.41, 5.74) is 3.07. The fourth-order valence-electron chi connectivity index (χ4n) is 3.11. The zero-order valence-electron chi connectivity index (χ0n) is 17.0. The molecule has 4 aromatic rings. The first-order valence-electron chi connectivity index (χ1n) is 9.66. The minimum absolute atomic E-state index is 0.0171. The lowest BCUT2D eigenvalue weighted by Gasteiger charge is -2.08. The highest BCUT2D eigenvalue weighted by molar-refractivity contribution is 5.97. The van der Waals surface area contributed by atoms with Gasteiger partial charge in [0.15, 0.2) is 12.4 Å². The largest absolute Gasteiger partial charge is 0.484 e. The fraction of sp³-hybridized carbons (Fsp3) is 0.0870. The standard InChI is InChI=1S/C23H18N4O5/c1-15(28)17-3-2-4-18(11-17)24-23(29)14-32-20-8-5-16(6-9-20)21-13-26-12-19(27(30)31)7-10-22(26)25-21/h2-13H,14H2,1H3,(H,24,29). The fourth-order valence-corrected chi connectivity index (χ4v) is 3.11. The molecule has 32 heavy (non-hydrogen) atoms. The maximum absolute atomic E-state index is 12.1. The molecule has 1 amide bonds. The van der Waals surface area contributed by atoms with E-state index in [1.807, 2.05) is 0 Å². The van der Waals surface area contributed by atoms with Crippen LogP contribution in [-0.4, -0.2) is 32.6 Å². The molecular weight excluding hydrogens is 412 g/mol. The number of imidazole rings is 1. The van der Waals surface area contributed by atoms with Crippen LogP contribution < -0.4 is 10.1 Å². The van der Waals surface area contributed by atoms with E-state index in [0.29, 0.717) is 28.3 Å². The van der Waals surface area contributed by atoms with Crippen molar-refractivity contribution in [1.29, 1.82) is 0 Å². The summed E-state index contributed by atoms with van der Waals surface area (Å²) in [5.74, 6) is 0.0683. The lowest BCUT2D eigenvalue weighted by Crippen LogP contribution is -2.20. The highest BCUT2D eigenvalue weighted by Gasteiger charge is 2.10. The van der Waals surface area contributed by atoms with Gasteiger partial charge in [-0.15, -0.1) is 0 Å². The molecule has 0 saturated heterocycles. The van der Waals surface area contributed by atoms with Crippen molar-refractivity contribution in [3.63, 3.8) is 0 Å². The average Bonchev–Trinajstić information content (AvgIpc) is 3.21. The number of benzene rings is 2. The zero-order valence-corrected chi connectivity index (χ0v) is 17.0. The van der Waals surface area contributed by atoms with Gasteiger partial charge in [-0.05, 0) is 49.4 Å². The molecule has 0 atom stereocenters. The van der Waals surface area contributed by atoms with Crippen LogP contribution in [0.2, 0.25) is 0 Å². The molecule has 1 N–H and O–H groups in total. The molecule has 2 aromatic heterocycles. The monoisotopic (exact) mass is 430 g/mol. The summed E-state index contributed by atoms with van der Waals surface area (Å²) in [6, 6.07) is 16.7. The predicted molar refractivity (Wildman–Crippen MR) is 118 cm³/mol. The first-order chi connectivity index (χ1) is 15.4. The van der Waals surface area contributed by atoms with Gasteiger partial charge in [0.25, 0.3) is 11.6 Å². The lowest BCUT2D eigenvalue weighted by atomic mass is 10.1. The number of hydrogen-bond donors (Lipinski definition) is 1. The Hall–Kier alpha value is -4.53. The molecule has 9 nitrogen and oxygen atoms in total. The average molecular weight is 430 g/mol. The predicted octanol–water partition coefficient (Wildman–Crippen LogP) is 4.13. The summed E-state index contributed by atoms with van der Waals surface area (Å²) in [7, 11) is 0. The topological polar surface area (TPSA) is 116 Å². The van der Waals surface area contributed by atoms with Gasteiger partial charge in [0.1, 0.15) is 11.4 Å². The number of carbonyl (C=O) groups is 2. The highest BCUT2D eigenvalue weighted by Crippen LogP contribution is 2.23. The number of amides is 1. The van der Waals surface area contributed by atoms with Gasteiger partial charge in [-0.2, -0.15) is 0 Å². The summed E-state index contributed by atoms with van der Waals surface area (Å²) in [6.45, 7) is 1.27. The number of anilines is 1. The third-order valence-corrected chi connectivity index (χ3v) is 4.72. The number of rotatable bonds is 7. The molecule has 0 saturated carbocycles. The smallest absolute Gasteiger partial charge is 0.286 e. The number of ether oxygens (including phenoxy) is 1. The van der Waals surface area contributed by atoms with Gasteiger partial charge in [0.2, 0.25) is 0 Å². The quantitative estimate of drug-likeness (QED) is 0.268. The SMILES string of the molecule is CC(=O)c1cccc(NC(=O)COc2ccc(-c3cn4cc([N+](=O)[O-])ccc4n3)cc2)c1. The van der Waals surface area contributed by atoms with Crippen molar-refractivity contribution in [1.82, 2.24) is 9.38 Å². The lowest BCUT2D eigenvalue weighted by molar-refractivity contribution is -0.385. The second kappa shape index (κ2) is 8.68. The second-order valence-electron chi connectivity index (χ2n) is 7.03. The van der Waals surface area contributed by atoms with Gasteiger partial charge in [0, 0.05) is 29.1 Å². The molecule has 0 radical (unpaired) electrons. The Morgan fingerprint density at radius 3 is 2.59 bits per heavy atom. The minimum atomic E-state index is -0.457. The summed E-state index contributed by atoms with van der Waals surface area (Å²) in [4.78, 5) is 38.5. The van der Waals surface area contributed by atoms with E-state index in [9.17, 15) is 19.7 Å². The Bertz CT molecular complexity index is 1330. The number of aromatic nitrogens is 2. The molecule has 160 valence electrons. The van der Waals surface area contributed by atoms with Crippen LogP contribution in [0.25, 0.3) is 16.9 Å². The summed E-state index contributed by atoms with van der Waals surface area (Å²) < 4.78 is 7.13. The van der Waals surface area contributed by atoms with Crippen LogP contribution in [0.5, 0.6) is 5.75 Å². The molecule has 0 bridgehead atoms. The molecule has 2 aromatic carbocycles. The highest BCUT2D eigenvalue weighted by atomic mass is 16.6. The van der Waals surface area contributed by atoms with Gasteiger partial charge in [-0.3, -0.25) is 24.1 Å². The van der Waals surface area contributed by atoms with E-state index in [1.54, 1.807) is 65.2 Å². The van der Waals surface area contributed by atoms with Crippen LogP contribution >= 0.6 is 0 Å². The Kier molecular flexibility index (Phi) is 5.63. The normalized spacial score (nSPS) is 10.7. The first-order valence-corrected chi connectivity index (χ1v) is 9.66. The van der Waals surface area contributed by atoms with Crippen molar-refractivity contribution in [2.75, 3.05) is 11.9 Å². The third kappa shape index (κ3) is 4.62. The van der Waals surface area contributed by atoms with Crippen LogP contribution in [0.4, 0.5) is 11.4 Å². The Morgan fingerprint density at radius 2 is 1.88 bits per heavy atom. The minimum Gasteiger partial charge on any atom is -0.484 e. The third-order valence-electron chi connectivity index (χ3n) is 4.72. The maximum atomic E-state index is 12.1. The van der Waals surface area contributed by atoms with Crippen LogP contribution in [0.3, 0.4) is 0 Å². The van der Waals surface area contributed by atoms with E-state index < -0.39 is 4.92 Å². The van der Waals surface area contributed by atoms with Crippen molar-refractivity contribution < 1.29 is 19.2 Å². The number of hydrogen-bond acceptors (Lipinski definition) is 6. The van der Waals surface area contributed by atoms with E-state index in [2.05, 4.69) is 10.3 Å². The van der Waals surface area contributed by atoms with E-state index in [0.717, 1.165) is 5.56 Å². The van der Waals surface area contributed by atoms with Gasteiger partial charge in [-0.1, -0.05) is 12.1 Å². The van der Waals surface area contributed by atoms with Gasteiger partial charge >= 0.3 is 0 Å². The number of ketones is 1. The molecule has 0 aliphatic heterocycles. The number of pyridine rings is 1. The summed E-state index contributed by atoms with van der Waals surface area (Å²) in [6.07, 6.45) is 3.12. The molecule has 0 spiro atoms. The van der Waals surface area contributed by atoms with Crippen molar-refractivity contribution in [2.45, 2.75) is 6.92 Å². The Balaban J connectivity index is 1.39. The van der Waals surface area contributed by atoms with Crippen LogP contribution in [0, 0.1) is 10.1 Å². The van der Waals surface area contributed by atoms with E-state index >= 15 is 0 Å². The number of carbonyl (C=O) groups excluding carboxylic acids is 2. The summed E-state index contributed by atoms with van der Waals surface area (Å²) >= 11 is 0. The number of Topliss-reactive ketones (excluding diaryl/α,β-unsaturated/α-hetero) is 1. The molecule has 0 aliphatic rings. The number of nitro groups is 1. The van der Waals surface area contributed by atoms with E-state index in [-0.39, 0.29) is 24.0 Å². The van der Waals surface area contributed by atoms with Gasteiger partial charge in [-0.25, -0.2) is 4.98 Å². The second-order valence-corrected chi connectivity index (χ2v) is 7.03. The molecule has 4 rings (SSSR count). The van der Waals surface area contributed by atoms with Gasteiger partial charge in [0.05, 0.1) is 16.8 Å². The molecule has 0 unspecified atom stereocenters. The molecular formula is C23H18N4O5. The van der Waals surface area contributed by atoms with E-state index in [4.69, 9.17) is 4.74 Å². The molecule has 0 fully saturated rings. The van der Waals surface area contributed by atoms with Crippen molar-refractivity contribution in [3.05, 3.63) is 88.7 Å².